The first-order valence-electron chi connectivity index (χ1n) is 8.74. The third kappa shape index (κ3) is 4.28. The monoisotopic (exact) mass is 408 g/mol. The molecule has 0 spiro atoms. The molecule has 0 bridgehead atoms. The molecule has 1 heterocycles. The van der Waals surface area contributed by atoms with Crippen LogP contribution in [0.1, 0.15) is 5.56 Å². The fourth-order valence-electron chi connectivity index (χ4n) is 2.79. The van der Waals surface area contributed by atoms with E-state index in [9.17, 15) is 14.0 Å². The lowest BCUT2D eigenvalue weighted by molar-refractivity contribution is -0.116. The van der Waals surface area contributed by atoms with Gasteiger partial charge in [-0.25, -0.2) is 9.37 Å². The van der Waals surface area contributed by atoms with E-state index in [0.717, 1.165) is 10.8 Å². The number of anilines is 1. The van der Waals surface area contributed by atoms with Crippen LogP contribution in [0, 0.1) is 17.1 Å². The number of carbonyl (C=O) groups excluding carboxylic acids is 1. The molecule has 0 fully saturated rings. The van der Waals surface area contributed by atoms with Crippen LogP contribution in [0.25, 0.3) is 11.4 Å². The largest absolute Gasteiger partial charge is 0.497 e. The summed E-state index contributed by atoms with van der Waals surface area (Å²) in [4.78, 5) is 29.5. The minimum atomic E-state index is -0.681. The number of benzene rings is 2. The maximum Gasteiger partial charge on any atom is 0.272 e. The molecule has 1 aromatic heterocycles. The number of aromatic nitrogens is 2. The van der Waals surface area contributed by atoms with Gasteiger partial charge >= 0.3 is 0 Å². The van der Waals surface area contributed by atoms with Gasteiger partial charge in [-0.1, -0.05) is 0 Å². The molecule has 0 atom stereocenters. The van der Waals surface area contributed by atoms with E-state index in [4.69, 9.17) is 14.7 Å². The number of ether oxygens (including phenoxy) is 2. The number of carbonyl (C=O) groups is 1. The first kappa shape index (κ1) is 20.5. The Labute approximate surface area is 171 Å². The van der Waals surface area contributed by atoms with Crippen LogP contribution in [0.4, 0.5) is 10.1 Å². The predicted molar refractivity (Wildman–Crippen MR) is 107 cm³/mol. The number of amides is 1. The van der Waals surface area contributed by atoms with Crippen LogP contribution < -0.4 is 20.3 Å². The van der Waals surface area contributed by atoms with Gasteiger partial charge in [-0.05, 0) is 36.4 Å². The first-order valence-corrected chi connectivity index (χ1v) is 8.74. The number of nitrogens with one attached hydrogen (secondary N) is 1. The van der Waals surface area contributed by atoms with E-state index >= 15 is 0 Å². The third-order valence-electron chi connectivity index (χ3n) is 4.25. The Morgan fingerprint density at radius 2 is 1.93 bits per heavy atom. The summed E-state index contributed by atoms with van der Waals surface area (Å²) in [5, 5.41) is 11.8. The topological polar surface area (TPSA) is 106 Å². The molecule has 9 heteroatoms. The van der Waals surface area contributed by atoms with Gasteiger partial charge in [0.2, 0.25) is 5.91 Å². The Balaban J connectivity index is 1.98. The quantitative estimate of drug-likeness (QED) is 0.672. The second-order valence-electron chi connectivity index (χ2n) is 6.12. The first-order chi connectivity index (χ1) is 14.5. The molecule has 2 aromatic carbocycles. The molecule has 8 nitrogen and oxygen atoms in total. The summed E-state index contributed by atoms with van der Waals surface area (Å²) in [5.74, 6) is 0.0300. The van der Waals surface area contributed by atoms with E-state index in [0.29, 0.717) is 22.7 Å². The minimum absolute atomic E-state index is 0.131. The highest BCUT2D eigenvalue weighted by Gasteiger charge is 2.16. The van der Waals surface area contributed by atoms with Gasteiger partial charge < -0.3 is 14.8 Å². The zero-order valence-electron chi connectivity index (χ0n) is 16.2. The normalized spacial score (nSPS) is 10.2. The van der Waals surface area contributed by atoms with Gasteiger partial charge in [-0.3, -0.25) is 14.2 Å². The number of nitriles is 1. The van der Waals surface area contributed by atoms with Crippen LogP contribution in [-0.2, 0) is 11.3 Å². The molecule has 30 heavy (non-hydrogen) atoms. The van der Waals surface area contributed by atoms with Crippen molar-refractivity contribution in [3.05, 3.63) is 70.4 Å². The number of hydrogen-bond acceptors (Lipinski definition) is 6. The van der Waals surface area contributed by atoms with Crippen molar-refractivity contribution in [1.82, 2.24) is 9.55 Å². The lowest BCUT2D eigenvalue weighted by atomic mass is 10.2. The van der Waals surface area contributed by atoms with Gasteiger partial charge in [0.05, 0.1) is 26.1 Å². The van der Waals surface area contributed by atoms with Crippen molar-refractivity contribution in [3.63, 3.8) is 0 Å². The molecule has 0 aliphatic carbocycles. The van der Waals surface area contributed by atoms with Crippen LogP contribution >= 0.6 is 0 Å². The standard InChI is InChI=1S/C21H17FN4O4/c1-29-16-7-8-18(30-2)17(9-16)25-19(27)12-26-20(13-3-5-15(22)6-4-13)24-11-14(10-23)21(26)28/h3-9,11H,12H2,1-2H3,(H,25,27). The highest BCUT2D eigenvalue weighted by molar-refractivity contribution is 5.92. The lowest BCUT2D eigenvalue weighted by Gasteiger charge is -2.14. The van der Waals surface area contributed by atoms with Gasteiger partial charge in [-0.15, -0.1) is 0 Å². The van der Waals surface area contributed by atoms with Crippen molar-refractivity contribution in [2.75, 3.05) is 19.5 Å². The van der Waals surface area contributed by atoms with Gasteiger partial charge in [0.25, 0.3) is 5.56 Å². The summed E-state index contributed by atoms with van der Waals surface area (Å²) in [7, 11) is 2.94. The zero-order chi connectivity index (χ0) is 21.7. The highest BCUT2D eigenvalue weighted by atomic mass is 19.1. The van der Waals surface area contributed by atoms with Gasteiger partial charge in [0.15, 0.2) is 0 Å². The molecule has 0 aliphatic heterocycles. The lowest BCUT2D eigenvalue weighted by Crippen LogP contribution is -2.31. The van der Waals surface area contributed by atoms with E-state index in [1.54, 1.807) is 24.3 Å². The van der Waals surface area contributed by atoms with Crippen molar-refractivity contribution in [2.45, 2.75) is 6.54 Å². The average Bonchev–Trinajstić information content (AvgIpc) is 2.75. The van der Waals surface area contributed by atoms with Crippen LogP contribution in [0.2, 0.25) is 0 Å². The van der Waals surface area contributed by atoms with Crippen LogP contribution in [0.15, 0.2) is 53.5 Å². The summed E-state index contributed by atoms with van der Waals surface area (Å²) >= 11 is 0. The van der Waals surface area contributed by atoms with Crippen molar-refractivity contribution >= 4 is 11.6 Å². The van der Waals surface area contributed by atoms with Crippen molar-refractivity contribution < 1.29 is 18.7 Å². The van der Waals surface area contributed by atoms with E-state index in [-0.39, 0.29) is 11.4 Å². The second kappa shape index (κ2) is 8.87. The number of halogens is 1. The smallest absolute Gasteiger partial charge is 0.272 e. The van der Waals surface area contributed by atoms with Gasteiger partial charge in [0, 0.05) is 11.6 Å². The average molecular weight is 408 g/mol. The number of methoxy groups -OCH3 is 2. The van der Waals surface area contributed by atoms with Crippen molar-refractivity contribution in [2.24, 2.45) is 0 Å². The SMILES string of the molecule is COc1ccc(OC)c(NC(=O)Cn2c(-c3ccc(F)cc3)ncc(C#N)c2=O)c1. The maximum absolute atomic E-state index is 13.3. The summed E-state index contributed by atoms with van der Waals surface area (Å²) in [5.41, 5.74) is -0.125. The summed E-state index contributed by atoms with van der Waals surface area (Å²) in [6.07, 6.45) is 1.13. The van der Waals surface area contributed by atoms with E-state index < -0.39 is 23.8 Å². The fraction of sp³-hybridized carbons (Fsp3) is 0.143. The number of nitrogens with zero attached hydrogens (tertiary/aromatic N) is 3. The molecule has 0 aliphatic rings. The van der Waals surface area contributed by atoms with Crippen LogP contribution in [0.5, 0.6) is 11.5 Å². The highest BCUT2D eigenvalue weighted by Crippen LogP contribution is 2.29. The molecule has 3 aromatic rings. The fourth-order valence-corrected chi connectivity index (χ4v) is 2.79. The molecule has 1 amide bonds. The number of rotatable bonds is 6. The van der Waals surface area contributed by atoms with Crippen molar-refractivity contribution in [3.8, 4) is 29.0 Å². The van der Waals surface area contributed by atoms with E-state index in [1.165, 1.54) is 38.5 Å². The Bertz CT molecular complexity index is 1180. The summed E-state index contributed by atoms with van der Waals surface area (Å²) in [6.45, 7) is -0.422. The molecule has 1 N–H and O–H groups in total. The van der Waals surface area contributed by atoms with Crippen LogP contribution in [0.3, 0.4) is 0 Å². The molecular weight excluding hydrogens is 391 g/mol. The predicted octanol–water partition coefficient (Wildman–Crippen LogP) is 2.58. The minimum Gasteiger partial charge on any atom is -0.497 e. The zero-order valence-corrected chi connectivity index (χ0v) is 16.2. The van der Waals surface area contributed by atoms with Gasteiger partial charge in [0.1, 0.15) is 41.3 Å². The third-order valence-corrected chi connectivity index (χ3v) is 4.25. The maximum atomic E-state index is 13.3. The van der Waals surface area contributed by atoms with E-state index in [1.807, 2.05) is 0 Å². The molecular formula is C21H17FN4O4. The molecule has 0 unspecified atom stereocenters. The van der Waals surface area contributed by atoms with E-state index in [2.05, 4.69) is 10.3 Å². The summed E-state index contributed by atoms with van der Waals surface area (Å²) in [6, 6.07) is 11.9. The molecule has 0 radical (unpaired) electrons. The molecule has 3 rings (SSSR count). The Morgan fingerprint density at radius 1 is 1.20 bits per heavy atom. The van der Waals surface area contributed by atoms with Crippen LogP contribution in [-0.4, -0.2) is 29.7 Å². The van der Waals surface area contributed by atoms with Gasteiger partial charge in [-0.2, -0.15) is 5.26 Å². The Morgan fingerprint density at radius 3 is 2.57 bits per heavy atom. The Kier molecular flexibility index (Phi) is 6.08. The second-order valence-corrected chi connectivity index (χ2v) is 6.12. The Hall–Kier alpha value is -4.19. The van der Waals surface area contributed by atoms with Crippen molar-refractivity contribution in [1.29, 1.82) is 5.26 Å². The molecule has 0 saturated carbocycles. The molecule has 152 valence electrons. The summed E-state index contributed by atoms with van der Waals surface area (Å²) < 4.78 is 24.7. The molecule has 0 saturated heterocycles. The number of hydrogen-bond donors (Lipinski definition) is 1.